The van der Waals surface area contributed by atoms with E-state index in [2.05, 4.69) is 0 Å². The highest BCUT2D eigenvalue weighted by Gasteiger charge is 2.22. The number of halogens is 2. The van der Waals surface area contributed by atoms with Gasteiger partial charge in [-0.1, -0.05) is 48.0 Å². The molecule has 0 unspecified atom stereocenters. The SMILES string of the molecule is COc1cc(-c2ccc(F)cc2)c(OC)c(O)c1-c1ccc(OCc2ccc(C)cc2)c(F)c1. The van der Waals surface area contributed by atoms with Gasteiger partial charge < -0.3 is 19.3 Å². The number of benzene rings is 4. The van der Waals surface area contributed by atoms with Gasteiger partial charge in [0.1, 0.15) is 18.2 Å². The fraction of sp³-hybridized carbons (Fsp3) is 0.143. The summed E-state index contributed by atoms with van der Waals surface area (Å²) in [5, 5.41) is 11.1. The third kappa shape index (κ3) is 4.66. The normalized spacial score (nSPS) is 10.7. The smallest absolute Gasteiger partial charge is 0.170 e. The molecule has 0 saturated carbocycles. The van der Waals surface area contributed by atoms with Crippen LogP contribution in [-0.4, -0.2) is 19.3 Å². The van der Waals surface area contributed by atoms with Crippen molar-refractivity contribution < 1.29 is 28.1 Å². The molecular formula is C28H24F2O4. The van der Waals surface area contributed by atoms with Gasteiger partial charge in [0.15, 0.2) is 23.1 Å². The number of hydrogen-bond donors (Lipinski definition) is 1. The Bertz CT molecular complexity index is 1300. The van der Waals surface area contributed by atoms with Crippen LogP contribution in [0.5, 0.6) is 23.0 Å². The molecule has 0 aliphatic rings. The lowest BCUT2D eigenvalue weighted by atomic mass is 9.96. The molecule has 0 fully saturated rings. The molecule has 0 aromatic heterocycles. The van der Waals surface area contributed by atoms with Crippen molar-refractivity contribution in [3.63, 3.8) is 0 Å². The van der Waals surface area contributed by atoms with Gasteiger partial charge in [-0.15, -0.1) is 0 Å². The Labute approximate surface area is 197 Å². The second-order valence-corrected chi connectivity index (χ2v) is 7.81. The van der Waals surface area contributed by atoms with Crippen LogP contribution in [0.25, 0.3) is 22.3 Å². The van der Waals surface area contributed by atoms with Gasteiger partial charge in [0, 0.05) is 5.56 Å². The lowest BCUT2D eigenvalue weighted by Gasteiger charge is -2.18. The molecule has 0 aliphatic carbocycles. The molecule has 0 aliphatic heterocycles. The van der Waals surface area contributed by atoms with Gasteiger partial charge in [0.05, 0.1) is 19.8 Å². The van der Waals surface area contributed by atoms with Crippen LogP contribution < -0.4 is 14.2 Å². The number of aryl methyl sites for hydroxylation is 1. The van der Waals surface area contributed by atoms with Gasteiger partial charge >= 0.3 is 0 Å². The lowest BCUT2D eigenvalue weighted by Crippen LogP contribution is -1.99. The maximum Gasteiger partial charge on any atom is 0.170 e. The monoisotopic (exact) mass is 462 g/mol. The minimum atomic E-state index is -0.576. The number of hydrogen-bond acceptors (Lipinski definition) is 4. The molecule has 4 aromatic rings. The summed E-state index contributed by atoms with van der Waals surface area (Å²) in [6.45, 7) is 2.22. The number of ether oxygens (including phenoxy) is 3. The topological polar surface area (TPSA) is 47.9 Å². The summed E-state index contributed by atoms with van der Waals surface area (Å²) < 4.78 is 44.9. The minimum absolute atomic E-state index is 0.0951. The zero-order valence-corrected chi connectivity index (χ0v) is 19.1. The van der Waals surface area contributed by atoms with Crippen LogP contribution in [0, 0.1) is 18.6 Å². The van der Waals surface area contributed by atoms with Gasteiger partial charge in [-0.05, 0) is 53.9 Å². The highest BCUT2D eigenvalue weighted by molar-refractivity contribution is 5.87. The summed E-state index contributed by atoms with van der Waals surface area (Å²) in [5.74, 6) is -0.595. The Hall–Kier alpha value is -4.06. The van der Waals surface area contributed by atoms with Crippen LogP contribution in [-0.2, 0) is 6.61 Å². The summed E-state index contributed by atoms with van der Waals surface area (Å²) >= 11 is 0. The summed E-state index contributed by atoms with van der Waals surface area (Å²) in [6, 6.07) is 19.7. The van der Waals surface area contributed by atoms with E-state index in [1.807, 2.05) is 31.2 Å². The average Bonchev–Trinajstić information content (AvgIpc) is 2.84. The molecule has 1 N–H and O–H groups in total. The molecule has 34 heavy (non-hydrogen) atoms. The average molecular weight is 462 g/mol. The largest absolute Gasteiger partial charge is 0.504 e. The molecule has 4 rings (SSSR count). The van der Waals surface area contributed by atoms with Crippen LogP contribution in [0.1, 0.15) is 11.1 Å². The van der Waals surface area contributed by atoms with Crippen molar-refractivity contribution in [2.75, 3.05) is 14.2 Å². The first-order chi connectivity index (χ1) is 16.4. The highest BCUT2D eigenvalue weighted by atomic mass is 19.1. The molecule has 4 nitrogen and oxygen atoms in total. The van der Waals surface area contributed by atoms with Gasteiger partial charge in [0.2, 0.25) is 0 Å². The van der Waals surface area contributed by atoms with E-state index in [-0.39, 0.29) is 35.2 Å². The number of phenols is 1. The zero-order chi connectivity index (χ0) is 24.2. The maximum absolute atomic E-state index is 14.9. The van der Waals surface area contributed by atoms with E-state index >= 15 is 0 Å². The number of phenolic OH excluding ortho intramolecular Hbond substituents is 1. The van der Waals surface area contributed by atoms with E-state index in [1.54, 1.807) is 24.3 Å². The van der Waals surface area contributed by atoms with Gasteiger partial charge in [-0.25, -0.2) is 8.78 Å². The maximum atomic E-state index is 14.9. The lowest BCUT2D eigenvalue weighted by molar-refractivity contribution is 0.290. The third-order valence-electron chi connectivity index (χ3n) is 5.53. The fourth-order valence-corrected chi connectivity index (χ4v) is 3.74. The second kappa shape index (κ2) is 9.83. The second-order valence-electron chi connectivity index (χ2n) is 7.81. The Balaban J connectivity index is 1.69. The molecule has 6 heteroatoms. The van der Waals surface area contributed by atoms with Gasteiger partial charge in [0.25, 0.3) is 0 Å². The zero-order valence-electron chi connectivity index (χ0n) is 19.1. The molecule has 174 valence electrons. The third-order valence-corrected chi connectivity index (χ3v) is 5.53. The molecule has 0 heterocycles. The first kappa shape index (κ1) is 23.1. The molecule has 0 radical (unpaired) electrons. The Morgan fingerprint density at radius 3 is 2.06 bits per heavy atom. The van der Waals surface area contributed by atoms with E-state index in [0.29, 0.717) is 22.4 Å². The number of rotatable bonds is 7. The minimum Gasteiger partial charge on any atom is -0.504 e. The molecule has 4 aromatic carbocycles. The molecule has 0 spiro atoms. The van der Waals surface area contributed by atoms with Crippen molar-refractivity contribution in [3.05, 3.63) is 95.6 Å². The van der Waals surface area contributed by atoms with E-state index in [1.165, 1.54) is 38.5 Å². The van der Waals surface area contributed by atoms with Gasteiger partial charge in [-0.2, -0.15) is 0 Å². The Morgan fingerprint density at radius 1 is 0.765 bits per heavy atom. The first-order valence-electron chi connectivity index (χ1n) is 10.6. The molecule has 0 bridgehead atoms. The summed E-state index contributed by atoms with van der Waals surface area (Å²) in [6.07, 6.45) is 0. The van der Waals surface area contributed by atoms with Crippen LogP contribution in [0.15, 0.2) is 72.8 Å². The van der Waals surface area contributed by atoms with Crippen molar-refractivity contribution >= 4 is 0 Å². The Morgan fingerprint density at radius 2 is 1.44 bits per heavy atom. The van der Waals surface area contributed by atoms with Crippen molar-refractivity contribution in [1.29, 1.82) is 0 Å². The summed E-state index contributed by atoms with van der Waals surface area (Å²) in [5.41, 5.74) is 3.86. The van der Waals surface area contributed by atoms with E-state index in [4.69, 9.17) is 14.2 Å². The van der Waals surface area contributed by atoms with Crippen LogP contribution in [0.4, 0.5) is 8.78 Å². The van der Waals surface area contributed by atoms with E-state index in [9.17, 15) is 13.9 Å². The van der Waals surface area contributed by atoms with Crippen LogP contribution >= 0.6 is 0 Å². The highest BCUT2D eigenvalue weighted by Crippen LogP contribution is 2.49. The van der Waals surface area contributed by atoms with Crippen molar-refractivity contribution in [2.45, 2.75) is 13.5 Å². The summed E-state index contributed by atoms with van der Waals surface area (Å²) in [4.78, 5) is 0. The first-order valence-corrected chi connectivity index (χ1v) is 10.6. The van der Waals surface area contributed by atoms with Crippen molar-refractivity contribution in [3.8, 4) is 45.3 Å². The number of aromatic hydroxyl groups is 1. The standard InChI is InChI=1S/C28H24F2O4/c1-17-4-6-18(7-5-17)16-34-24-13-10-20(14-23(24)30)26-25(32-2)15-22(28(33-3)27(26)31)19-8-11-21(29)12-9-19/h4-15,31H,16H2,1-3H3. The molecule has 0 saturated heterocycles. The summed E-state index contributed by atoms with van der Waals surface area (Å²) in [7, 11) is 2.87. The van der Waals surface area contributed by atoms with Crippen molar-refractivity contribution in [1.82, 2.24) is 0 Å². The van der Waals surface area contributed by atoms with Crippen LogP contribution in [0.3, 0.4) is 0 Å². The molecule has 0 atom stereocenters. The molecular weight excluding hydrogens is 438 g/mol. The quantitative estimate of drug-likeness (QED) is 0.324. The molecule has 0 amide bonds. The van der Waals surface area contributed by atoms with E-state index in [0.717, 1.165) is 11.1 Å². The Kier molecular flexibility index (Phi) is 6.68. The van der Waals surface area contributed by atoms with E-state index < -0.39 is 5.82 Å². The van der Waals surface area contributed by atoms with Crippen LogP contribution in [0.2, 0.25) is 0 Å². The van der Waals surface area contributed by atoms with Crippen molar-refractivity contribution in [2.24, 2.45) is 0 Å². The van der Waals surface area contributed by atoms with Gasteiger partial charge in [-0.3, -0.25) is 0 Å². The predicted molar refractivity (Wildman–Crippen MR) is 128 cm³/mol. The number of methoxy groups -OCH3 is 2. The predicted octanol–water partition coefficient (Wildman–Crippen LogP) is 6.91. The fourth-order valence-electron chi connectivity index (χ4n) is 3.74.